The maximum Gasteiger partial charge on any atom is 0.143 e. The average molecular weight is 223 g/mol. The molecule has 17 heavy (non-hydrogen) atoms. The van der Waals surface area contributed by atoms with Gasteiger partial charge >= 0.3 is 0 Å². The van der Waals surface area contributed by atoms with Gasteiger partial charge in [-0.2, -0.15) is 0 Å². The van der Waals surface area contributed by atoms with Crippen molar-refractivity contribution in [1.82, 2.24) is 15.0 Å². The molecule has 0 radical (unpaired) electrons. The zero-order valence-electron chi connectivity index (χ0n) is 8.96. The highest BCUT2D eigenvalue weighted by Gasteiger charge is 2.23. The summed E-state index contributed by atoms with van der Waals surface area (Å²) in [6.45, 7) is 0. The van der Waals surface area contributed by atoms with Crippen molar-refractivity contribution < 1.29 is 5.11 Å². The summed E-state index contributed by atoms with van der Waals surface area (Å²) in [5.74, 6) is 0.189. The predicted octanol–water partition coefficient (Wildman–Crippen LogP) is 2.03. The highest BCUT2D eigenvalue weighted by molar-refractivity contribution is 5.84. The van der Waals surface area contributed by atoms with Crippen LogP contribution in [-0.2, 0) is 6.42 Å². The van der Waals surface area contributed by atoms with E-state index in [0.29, 0.717) is 5.69 Å². The lowest BCUT2D eigenvalue weighted by Gasteiger charge is -2.00. The van der Waals surface area contributed by atoms with E-state index in [1.165, 1.54) is 15.9 Å². The molecule has 1 aromatic heterocycles. The molecule has 4 heteroatoms. The number of hydrogen-bond donors (Lipinski definition) is 1. The number of fused-ring (bicyclic) bond motifs is 3. The summed E-state index contributed by atoms with van der Waals surface area (Å²) >= 11 is 0. The molecule has 1 aliphatic carbocycles. The van der Waals surface area contributed by atoms with Gasteiger partial charge in [0.1, 0.15) is 22.5 Å². The molecule has 1 heterocycles. The van der Waals surface area contributed by atoms with Crippen LogP contribution in [0, 0.1) is 0 Å². The Morgan fingerprint density at radius 1 is 1.06 bits per heavy atom. The second-order valence-corrected chi connectivity index (χ2v) is 4.23. The molecule has 0 spiro atoms. The second kappa shape index (κ2) is 2.85. The summed E-state index contributed by atoms with van der Waals surface area (Å²) in [7, 11) is 0. The van der Waals surface area contributed by atoms with Gasteiger partial charge < -0.3 is 5.11 Å². The number of phenols is 1. The molecule has 82 valence electrons. The van der Waals surface area contributed by atoms with E-state index >= 15 is 0 Å². The number of para-hydroxylation sites is 2. The normalized spacial score (nSPS) is 12.7. The molecular weight excluding hydrogens is 214 g/mol. The molecule has 1 aliphatic rings. The van der Waals surface area contributed by atoms with E-state index in [-0.39, 0.29) is 5.75 Å². The van der Waals surface area contributed by atoms with E-state index in [9.17, 15) is 5.11 Å². The van der Waals surface area contributed by atoms with Gasteiger partial charge in [-0.3, -0.25) is 0 Å². The number of rotatable bonds is 1. The molecule has 0 unspecified atom stereocenters. The summed E-state index contributed by atoms with van der Waals surface area (Å²) in [4.78, 5) is 1.50. The summed E-state index contributed by atoms with van der Waals surface area (Å²) in [6, 6.07) is 11.1. The third kappa shape index (κ3) is 1.18. The van der Waals surface area contributed by atoms with Crippen molar-refractivity contribution in [3.8, 4) is 11.4 Å². The van der Waals surface area contributed by atoms with Crippen LogP contribution < -0.4 is 0 Å². The van der Waals surface area contributed by atoms with Crippen LogP contribution in [0.4, 0.5) is 0 Å². The monoisotopic (exact) mass is 223 g/mol. The Kier molecular flexibility index (Phi) is 1.47. The van der Waals surface area contributed by atoms with Crippen LogP contribution in [0.1, 0.15) is 11.1 Å². The van der Waals surface area contributed by atoms with Gasteiger partial charge in [-0.25, -0.2) is 0 Å². The first-order valence-corrected chi connectivity index (χ1v) is 5.49. The third-order valence-electron chi connectivity index (χ3n) is 3.10. The van der Waals surface area contributed by atoms with Crippen LogP contribution in [0.15, 0.2) is 36.4 Å². The van der Waals surface area contributed by atoms with Crippen LogP contribution in [0.3, 0.4) is 0 Å². The molecule has 4 rings (SSSR count). The van der Waals surface area contributed by atoms with Gasteiger partial charge in [0.15, 0.2) is 0 Å². The van der Waals surface area contributed by atoms with Gasteiger partial charge in [0.25, 0.3) is 0 Å². The predicted molar refractivity (Wildman–Crippen MR) is 63.3 cm³/mol. The van der Waals surface area contributed by atoms with Gasteiger partial charge in [-0.1, -0.05) is 18.2 Å². The molecule has 0 amide bonds. The van der Waals surface area contributed by atoms with E-state index in [1.807, 2.05) is 12.1 Å². The van der Waals surface area contributed by atoms with E-state index in [2.05, 4.69) is 16.3 Å². The van der Waals surface area contributed by atoms with Crippen LogP contribution in [0.2, 0.25) is 0 Å². The van der Waals surface area contributed by atoms with Crippen LogP contribution in [-0.4, -0.2) is 20.1 Å². The van der Waals surface area contributed by atoms with Crippen molar-refractivity contribution in [2.75, 3.05) is 0 Å². The highest BCUT2D eigenvalue weighted by Crippen LogP contribution is 2.34. The van der Waals surface area contributed by atoms with Crippen molar-refractivity contribution in [2.24, 2.45) is 0 Å². The Balaban J connectivity index is 1.99. The number of aromatic nitrogens is 3. The lowest BCUT2D eigenvalue weighted by Crippen LogP contribution is -1.98. The Morgan fingerprint density at radius 3 is 2.82 bits per heavy atom. The van der Waals surface area contributed by atoms with Gasteiger partial charge in [0.05, 0.1) is 0 Å². The molecule has 2 aromatic carbocycles. The molecule has 0 saturated heterocycles. The molecule has 1 N–H and O–H groups in total. The summed E-state index contributed by atoms with van der Waals surface area (Å²) in [5.41, 5.74) is 5.07. The number of aromatic hydroxyl groups is 1. The quantitative estimate of drug-likeness (QED) is 0.537. The standard InChI is InChI=1S/C13H9N3O/c17-12-4-2-1-3-11(12)16-14-10-6-5-8-7-9(8)13(10)15-16/h1-6,17H,7H2. The fourth-order valence-electron chi connectivity index (χ4n) is 2.11. The fourth-order valence-corrected chi connectivity index (χ4v) is 2.11. The average Bonchev–Trinajstić information content (AvgIpc) is 3.01. The third-order valence-corrected chi connectivity index (χ3v) is 3.10. The zero-order valence-corrected chi connectivity index (χ0v) is 8.96. The van der Waals surface area contributed by atoms with Gasteiger partial charge in [0.2, 0.25) is 0 Å². The minimum Gasteiger partial charge on any atom is -0.506 e. The summed E-state index contributed by atoms with van der Waals surface area (Å²) in [5, 5.41) is 18.6. The number of phenolic OH excluding ortho intramolecular Hbond substituents is 1. The molecule has 0 atom stereocenters. The SMILES string of the molecule is Oc1ccccc1-n1nc2ccc3c(c2n1)C3. The number of hydrogen-bond acceptors (Lipinski definition) is 3. The van der Waals surface area contributed by atoms with Crippen LogP contribution in [0.5, 0.6) is 5.75 Å². The minimum absolute atomic E-state index is 0.189. The van der Waals surface area contributed by atoms with E-state index < -0.39 is 0 Å². The Bertz CT molecular complexity index is 746. The van der Waals surface area contributed by atoms with Crippen molar-refractivity contribution in [1.29, 1.82) is 0 Å². The first kappa shape index (κ1) is 8.75. The summed E-state index contributed by atoms with van der Waals surface area (Å²) < 4.78 is 0. The maximum atomic E-state index is 9.77. The minimum atomic E-state index is 0.189. The topological polar surface area (TPSA) is 50.9 Å². The highest BCUT2D eigenvalue weighted by atomic mass is 16.3. The largest absolute Gasteiger partial charge is 0.506 e. The number of benzene rings is 2. The van der Waals surface area contributed by atoms with Crippen molar-refractivity contribution >= 4 is 11.0 Å². The van der Waals surface area contributed by atoms with Gasteiger partial charge in [-0.05, 0) is 29.3 Å². The smallest absolute Gasteiger partial charge is 0.143 e. The van der Waals surface area contributed by atoms with Crippen molar-refractivity contribution in [3.63, 3.8) is 0 Å². The van der Waals surface area contributed by atoms with E-state index in [4.69, 9.17) is 0 Å². The second-order valence-electron chi connectivity index (χ2n) is 4.23. The molecule has 0 aliphatic heterocycles. The Morgan fingerprint density at radius 2 is 1.94 bits per heavy atom. The summed E-state index contributed by atoms with van der Waals surface area (Å²) in [6.07, 6.45) is 1.02. The fraction of sp³-hybridized carbons (Fsp3) is 0.0769. The lowest BCUT2D eigenvalue weighted by atomic mass is 10.3. The van der Waals surface area contributed by atoms with Gasteiger partial charge in [-0.15, -0.1) is 15.0 Å². The first-order chi connectivity index (χ1) is 8.33. The molecule has 0 saturated carbocycles. The number of nitrogens with zero attached hydrogens (tertiary/aromatic N) is 3. The van der Waals surface area contributed by atoms with Crippen LogP contribution >= 0.6 is 0 Å². The molecule has 4 nitrogen and oxygen atoms in total. The first-order valence-electron chi connectivity index (χ1n) is 5.49. The van der Waals surface area contributed by atoms with E-state index in [1.54, 1.807) is 18.2 Å². The van der Waals surface area contributed by atoms with Crippen molar-refractivity contribution in [2.45, 2.75) is 6.42 Å². The Hall–Kier alpha value is -2.36. The molecule has 3 aromatic rings. The zero-order chi connectivity index (χ0) is 11.4. The molecule has 0 bridgehead atoms. The maximum absolute atomic E-state index is 9.77. The Labute approximate surface area is 97.1 Å². The molecular formula is C13H9N3O. The van der Waals surface area contributed by atoms with E-state index in [0.717, 1.165) is 17.5 Å². The lowest BCUT2D eigenvalue weighted by molar-refractivity contribution is 0.468. The van der Waals surface area contributed by atoms with Crippen LogP contribution in [0.25, 0.3) is 16.7 Å². The molecule has 0 fully saturated rings. The van der Waals surface area contributed by atoms with Gasteiger partial charge in [0, 0.05) is 6.42 Å². The van der Waals surface area contributed by atoms with Crippen molar-refractivity contribution in [3.05, 3.63) is 47.5 Å².